The van der Waals surface area contributed by atoms with E-state index in [4.69, 9.17) is 4.74 Å². The predicted molar refractivity (Wildman–Crippen MR) is 57.9 cm³/mol. The molecule has 0 fully saturated rings. The molecule has 2 rings (SSSR count). The number of ether oxygens (including phenoxy) is 1. The van der Waals surface area contributed by atoms with Gasteiger partial charge in [-0.15, -0.1) is 0 Å². The molecule has 0 saturated carbocycles. The van der Waals surface area contributed by atoms with Crippen LogP contribution >= 0.6 is 12.6 Å². The number of anilines is 1. The molecule has 0 amide bonds. The standard InChI is InChI=1S/C10H13NOS/c1-11(7-13)9-2-3-10-8(6-9)4-5-12-10/h2-3,6,13H,4-5,7H2,1H3. The summed E-state index contributed by atoms with van der Waals surface area (Å²) in [5, 5.41) is 0. The van der Waals surface area contributed by atoms with Gasteiger partial charge in [0, 0.05) is 19.2 Å². The van der Waals surface area contributed by atoms with Crippen molar-refractivity contribution in [2.45, 2.75) is 6.42 Å². The van der Waals surface area contributed by atoms with Crippen LogP contribution in [0.2, 0.25) is 0 Å². The van der Waals surface area contributed by atoms with Gasteiger partial charge in [-0.2, -0.15) is 12.6 Å². The SMILES string of the molecule is CN(CS)c1ccc2c(c1)CCO2. The topological polar surface area (TPSA) is 12.5 Å². The van der Waals surface area contributed by atoms with E-state index in [1.54, 1.807) is 0 Å². The fourth-order valence-electron chi connectivity index (χ4n) is 1.49. The van der Waals surface area contributed by atoms with Crippen molar-refractivity contribution in [3.8, 4) is 5.75 Å². The van der Waals surface area contributed by atoms with Crippen LogP contribution in [-0.2, 0) is 6.42 Å². The maximum absolute atomic E-state index is 5.43. The Morgan fingerprint density at radius 3 is 3.15 bits per heavy atom. The van der Waals surface area contributed by atoms with Crippen molar-refractivity contribution in [3.63, 3.8) is 0 Å². The van der Waals surface area contributed by atoms with Gasteiger partial charge in [-0.3, -0.25) is 0 Å². The molecule has 1 aromatic carbocycles. The first-order valence-corrected chi connectivity index (χ1v) is 5.02. The molecule has 0 atom stereocenters. The van der Waals surface area contributed by atoms with E-state index >= 15 is 0 Å². The average molecular weight is 195 g/mol. The normalized spacial score (nSPS) is 13.7. The summed E-state index contributed by atoms with van der Waals surface area (Å²) in [4.78, 5) is 2.10. The first kappa shape index (κ1) is 8.75. The zero-order valence-corrected chi connectivity index (χ0v) is 8.55. The van der Waals surface area contributed by atoms with E-state index in [0.29, 0.717) is 0 Å². The van der Waals surface area contributed by atoms with Gasteiger partial charge in [0.25, 0.3) is 0 Å². The number of thiol groups is 1. The van der Waals surface area contributed by atoms with Gasteiger partial charge in [0.15, 0.2) is 0 Å². The molecule has 0 bridgehead atoms. The lowest BCUT2D eigenvalue weighted by atomic mass is 10.1. The van der Waals surface area contributed by atoms with Crippen molar-refractivity contribution in [1.29, 1.82) is 0 Å². The summed E-state index contributed by atoms with van der Waals surface area (Å²) in [5.41, 5.74) is 2.52. The van der Waals surface area contributed by atoms with Crippen LogP contribution in [0.5, 0.6) is 5.75 Å². The van der Waals surface area contributed by atoms with Crippen LogP contribution < -0.4 is 9.64 Å². The minimum Gasteiger partial charge on any atom is -0.493 e. The molecule has 70 valence electrons. The van der Waals surface area contributed by atoms with Crippen LogP contribution in [0.25, 0.3) is 0 Å². The quantitative estimate of drug-likeness (QED) is 0.572. The van der Waals surface area contributed by atoms with E-state index < -0.39 is 0 Å². The lowest BCUT2D eigenvalue weighted by molar-refractivity contribution is 0.357. The van der Waals surface area contributed by atoms with Crippen molar-refractivity contribution in [3.05, 3.63) is 23.8 Å². The summed E-state index contributed by atoms with van der Waals surface area (Å²) in [7, 11) is 2.03. The molecule has 0 N–H and O–H groups in total. The lowest BCUT2D eigenvalue weighted by Gasteiger charge is -2.16. The van der Waals surface area contributed by atoms with Crippen molar-refractivity contribution >= 4 is 18.3 Å². The molecule has 0 aromatic heterocycles. The third kappa shape index (κ3) is 1.61. The second-order valence-corrected chi connectivity index (χ2v) is 3.51. The second-order valence-electron chi connectivity index (χ2n) is 3.23. The van der Waals surface area contributed by atoms with Gasteiger partial charge in [-0.1, -0.05) is 0 Å². The van der Waals surface area contributed by atoms with Gasteiger partial charge in [0.2, 0.25) is 0 Å². The number of hydrogen-bond acceptors (Lipinski definition) is 3. The zero-order valence-electron chi connectivity index (χ0n) is 7.66. The largest absolute Gasteiger partial charge is 0.493 e. The van der Waals surface area contributed by atoms with Gasteiger partial charge in [-0.25, -0.2) is 0 Å². The smallest absolute Gasteiger partial charge is 0.122 e. The average Bonchev–Trinajstić information content (AvgIpc) is 2.63. The highest BCUT2D eigenvalue weighted by Crippen LogP contribution is 2.29. The Balaban J connectivity index is 2.30. The second kappa shape index (κ2) is 3.50. The molecule has 1 aliphatic heterocycles. The summed E-state index contributed by atoms with van der Waals surface area (Å²) in [6, 6.07) is 6.29. The molecule has 0 saturated heterocycles. The Hall–Kier alpha value is -0.830. The Morgan fingerprint density at radius 2 is 2.38 bits per heavy atom. The molecule has 0 radical (unpaired) electrons. The van der Waals surface area contributed by atoms with Crippen LogP contribution in [0.15, 0.2) is 18.2 Å². The van der Waals surface area contributed by atoms with E-state index in [0.717, 1.165) is 24.7 Å². The van der Waals surface area contributed by atoms with Gasteiger partial charge in [-0.05, 0) is 23.8 Å². The van der Waals surface area contributed by atoms with Crippen molar-refractivity contribution in [2.24, 2.45) is 0 Å². The molecule has 3 heteroatoms. The molecule has 0 spiro atoms. The Morgan fingerprint density at radius 1 is 1.54 bits per heavy atom. The Kier molecular flexibility index (Phi) is 2.36. The third-order valence-electron chi connectivity index (χ3n) is 2.33. The summed E-state index contributed by atoms with van der Waals surface area (Å²) < 4.78 is 5.43. The van der Waals surface area contributed by atoms with Crippen LogP contribution in [0, 0.1) is 0 Å². The predicted octanol–water partition coefficient (Wildman–Crippen LogP) is 1.94. The summed E-state index contributed by atoms with van der Waals surface area (Å²) in [6.45, 7) is 0.823. The summed E-state index contributed by atoms with van der Waals surface area (Å²) in [6.07, 6.45) is 1.03. The first-order valence-electron chi connectivity index (χ1n) is 4.39. The van der Waals surface area contributed by atoms with E-state index in [-0.39, 0.29) is 0 Å². The molecule has 1 aromatic rings. The molecule has 1 heterocycles. The molecule has 0 unspecified atom stereocenters. The number of rotatable bonds is 2. The summed E-state index contributed by atoms with van der Waals surface area (Å²) in [5.74, 6) is 1.77. The van der Waals surface area contributed by atoms with Crippen LogP contribution in [0.3, 0.4) is 0 Å². The fraction of sp³-hybridized carbons (Fsp3) is 0.400. The third-order valence-corrected chi connectivity index (χ3v) is 2.75. The maximum atomic E-state index is 5.43. The van der Waals surface area contributed by atoms with Crippen LogP contribution in [0.4, 0.5) is 5.69 Å². The number of nitrogens with zero attached hydrogens (tertiary/aromatic N) is 1. The molecule has 0 aliphatic carbocycles. The number of benzene rings is 1. The maximum Gasteiger partial charge on any atom is 0.122 e. The zero-order chi connectivity index (χ0) is 9.26. The minimum atomic E-state index is 0.736. The molecule has 1 aliphatic rings. The van der Waals surface area contributed by atoms with Crippen molar-refractivity contribution < 1.29 is 4.74 Å². The van der Waals surface area contributed by atoms with Gasteiger partial charge in [0.1, 0.15) is 5.75 Å². The van der Waals surface area contributed by atoms with Gasteiger partial charge < -0.3 is 9.64 Å². The number of fused-ring (bicyclic) bond motifs is 1. The van der Waals surface area contributed by atoms with E-state index in [1.807, 2.05) is 13.1 Å². The molecule has 2 nitrogen and oxygen atoms in total. The molecular weight excluding hydrogens is 182 g/mol. The van der Waals surface area contributed by atoms with Crippen molar-refractivity contribution in [1.82, 2.24) is 0 Å². The lowest BCUT2D eigenvalue weighted by Crippen LogP contribution is -2.14. The van der Waals surface area contributed by atoms with Crippen LogP contribution in [-0.4, -0.2) is 19.5 Å². The Labute approximate surface area is 83.9 Å². The molecular formula is C10H13NOS. The van der Waals surface area contributed by atoms with Crippen LogP contribution in [0.1, 0.15) is 5.56 Å². The Bertz CT molecular complexity index is 314. The van der Waals surface area contributed by atoms with E-state index in [9.17, 15) is 0 Å². The van der Waals surface area contributed by atoms with Gasteiger partial charge in [0.05, 0.1) is 12.5 Å². The monoisotopic (exact) mass is 195 g/mol. The highest BCUT2D eigenvalue weighted by atomic mass is 32.1. The summed E-state index contributed by atoms with van der Waals surface area (Å²) >= 11 is 4.23. The first-order chi connectivity index (χ1) is 6.31. The highest BCUT2D eigenvalue weighted by Gasteiger charge is 2.12. The highest BCUT2D eigenvalue weighted by molar-refractivity contribution is 7.80. The molecule has 13 heavy (non-hydrogen) atoms. The van der Waals surface area contributed by atoms with E-state index in [2.05, 4.69) is 29.7 Å². The number of hydrogen-bond donors (Lipinski definition) is 1. The minimum absolute atomic E-state index is 0.736. The fourth-order valence-corrected chi connectivity index (χ4v) is 1.66. The van der Waals surface area contributed by atoms with Crippen molar-refractivity contribution in [2.75, 3.05) is 24.4 Å². The van der Waals surface area contributed by atoms with E-state index in [1.165, 1.54) is 11.3 Å². The van der Waals surface area contributed by atoms with Gasteiger partial charge >= 0.3 is 0 Å².